The lowest BCUT2D eigenvalue weighted by Crippen LogP contribution is -2.47. The van der Waals surface area contributed by atoms with E-state index in [1.54, 1.807) is 0 Å². The van der Waals surface area contributed by atoms with Crippen LogP contribution >= 0.6 is 11.3 Å². The molecule has 0 bridgehead atoms. The Morgan fingerprint density at radius 3 is 2.63 bits per heavy atom. The molecule has 1 spiro atoms. The Bertz CT molecular complexity index is 673. The van der Waals surface area contributed by atoms with Crippen LogP contribution < -0.4 is 10.6 Å². The van der Waals surface area contributed by atoms with Gasteiger partial charge in [-0.05, 0) is 12.8 Å². The number of hydrogen-bond acceptors (Lipinski definition) is 6. The van der Waals surface area contributed by atoms with Gasteiger partial charge in [-0.25, -0.2) is 9.78 Å². The van der Waals surface area contributed by atoms with Gasteiger partial charge >= 0.3 is 6.03 Å². The number of amides is 3. The van der Waals surface area contributed by atoms with Crippen LogP contribution in [0.25, 0.3) is 0 Å². The highest BCUT2D eigenvalue weighted by molar-refractivity contribution is 7.13. The number of ether oxygens (including phenoxy) is 2. The molecular weight excluding hydrogens is 368 g/mol. The molecule has 3 heterocycles. The van der Waals surface area contributed by atoms with Crippen molar-refractivity contribution in [2.75, 3.05) is 31.6 Å². The third kappa shape index (κ3) is 4.59. The molecule has 3 fully saturated rings. The zero-order valence-electron chi connectivity index (χ0n) is 15.4. The first kappa shape index (κ1) is 18.6. The maximum atomic E-state index is 12.5. The molecule has 1 aromatic rings. The Balaban J connectivity index is 1.24. The lowest BCUT2D eigenvalue weighted by molar-refractivity contribution is -0.187. The van der Waals surface area contributed by atoms with Crippen molar-refractivity contribution >= 4 is 28.4 Å². The van der Waals surface area contributed by atoms with Gasteiger partial charge in [0, 0.05) is 37.4 Å². The molecule has 4 rings (SSSR count). The van der Waals surface area contributed by atoms with Crippen LogP contribution in [0.5, 0.6) is 0 Å². The molecule has 0 radical (unpaired) electrons. The van der Waals surface area contributed by atoms with Crippen molar-refractivity contribution in [2.24, 2.45) is 0 Å². The Labute approximate surface area is 162 Å². The number of aromatic nitrogens is 1. The summed E-state index contributed by atoms with van der Waals surface area (Å²) in [6, 6.07) is 0.0493. The highest BCUT2D eigenvalue weighted by Crippen LogP contribution is 2.31. The lowest BCUT2D eigenvalue weighted by Gasteiger charge is -2.37. The second-order valence-electron chi connectivity index (χ2n) is 7.39. The molecule has 27 heavy (non-hydrogen) atoms. The molecule has 2 N–H and O–H groups in total. The minimum Gasteiger partial charge on any atom is -0.347 e. The van der Waals surface area contributed by atoms with Crippen LogP contribution in [0.15, 0.2) is 5.38 Å². The average molecular weight is 394 g/mol. The monoisotopic (exact) mass is 394 g/mol. The summed E-state index contributed by atoms with van der Waals surface area (Å²) < 4.78 is 11.4. The van der Waals surface area contributed by atoms with Crippen LogP contribution in [0, 0.1) is 0 Å². The van der Waals surface area contributed by atoms with Gasteiger partial charge in [0.25, 0.3) is 0 Å². The highest BCUT2D eigenvalue weighted by Gasteiger charge is 2.40. The molecule has 148 valence electrons. The number of nitrogens with zero attached hydrogens (tertiary/aromatic N) is 2. The van der Waals surface area contributed by atoms with Gasteiger partial charge in [0.05, 0.1) is 25.3 Å². The van der Waals surface area contributed by atoms with E-state index in [2.05, 4.69) is 15.6 Å². The number of thiazole rings is 1. The average Bonchev–Trinajstić information content (AvgIpc) is 3.40. The Kier molecular flexibility index (Phi) is 5.60. The number of anilines is 1. The minimum atomic E-state index is -0.471. The summed E-state index contributed by atoms with van der Waals surface area (Å²) in [5.41, 5.74) is 0.690. The number of piperidine rings is 1. The minimum absolute atomic E-state index is 0.0510. The van der Waals surface area contributed by atoms with Gasteiger partial charge in [-0.2, -0.15) is 0 Å². The van der Waals surface area contributed by atoms with Gasteiger partial charge in [-0.1, -0.05) is 12.8 Å². The van der Waals surface area contributed by atoms with Crippen LogP contribution in [-0.4, -0.2) is 60.0 Å². The number of carbonyl (C=O) groups excluding carboxylic acids is 2. The van der Waals surface area contributed by atoms with Crippen molar-refractivity contribution in [2.45, 2.75) is 56.8 Å². The highest BCUT2D eigenvalue weighted by atomic mass is 32.1. The largest absolute Gasteiger partial charge is 0.347 e. The maximum absolute atomic E-state index is 12.5. The first-order valence-corrected chi connectivity index (χ1v) is 10.6. The molecule has 0 aromatic carbocycles. The Hall–Kier alpha value is -1.71. The standard InChI is InChI=1S/C18H26N4O4S/c23-15(22-7-5-18(6-8-22)25-9-10-26-18)11-14-12-27-17(20-14)21-16(24)19-13-3-1-2-4-13/h12-13H,1-11H2,(H2,19,20,21,24). The van der Waals surface area contributed by atoms with E-state index in [4.69, 9.17) is 9.47 Å². The van der Waals surface area contributed by atoms with Crippen LogP contribution in [0.4, 0.5) is 9.93 Å². The molecule has 2 saturated heterocycles. The van der Waals surface area contributed by atoms with E-state index in [-0.39, 0.29) is 24.4 Å². The Morgan fingerprint density at radius 1 is 1.22 bits per heavy atom. The fourth-order valence-corrected chi connectivity index (χ4v) is 4.69. The van der Waals surface area contributed by atoms with Crippen molar-refractivity contribution in [3.8, 4) is 0 Å². The molecule has 2 aliphatic heterocycles. The van der Waals surface area contributed by atoms with Crippen LogP contribution in [0.3, 0.4) is 0 Å². The molecule has 1 aromatic heterocycles. The van der Waals surface area contributed by atoms with Crippen molar-refractivity contribution in [1.82, 2.24) is 15.2 Å². The van der Waals surface area contributed by atoms with Crippen LogP contribution in [0.2, 0.25) is 0 Å². The van der Waals surface area contributed by atoms with E-state index < -0.39 is 5.79 Å². The van der Waals surface area contributed by atoms with Crippen LogP contribution in [0.1, 0.15) is 44.2 Å². The van der Waals surface area contributed by atoms with Gasteiger partial charge in [-0.3, -0.25) is 10.1 Å². The van der Waals surface area contributed by atoms with E-state index in [0.29, 0.717) is 50.0 Å². The first-order chi connectivity index (χ1) is 13.1. The first-order valence-electron chi connectivity index (χ1n) is 9.70. The van der Waals surface area contributed by atoms with Gasteiger partial charge in [0.2, 0.25) is 5.91 Å². The predicted octanol–water partition coefficient (Wildman–Crippen LogP) is 2.12. The summed E-state index contributed by atoms with van der Waals surface area (Å²) >= 11 is 1.35. The topological polar surface area (TPSA) is 92.8 Å². The van der Waals surface area contributed by atoms with E-state index in [9.17, 15) is 9.59 Å². The van der Waals surface area contributed by atoms with Crippen molar-refractivity contribution < 1.29 is 19.1 Å². The van der Waals surface area contributed by atoms with Gasteiger partial charge < -0.3 is 19.7 Å². The molecule has 0 unspecified atom stereocenters. The summed E-state index contributed by atoms with van der Waals surface area (Å²) in [6.45, 7) is 2.55. The molecule has 1 aliphatic carbocycles. The smallest absolute Gasteiger partial charge is 0.321 e. The number of likely N-dealkylation sites (tertiary alicyclic amines) is 1. The lowest BCUT2D eigenvalue weighted by atomic mass is 10.0. The van der Waals surface area contributed by atoms with Gasteiger partial charge in [0.1, 0.15) is 0 Å². The summed E-state index contributed by atoms with van der Waals surface area (Å²) in [5, 5.41) is 8.10. The van der Waals surface area contributed by atoms with E-state index in [1.807, 2.05) is 10.3 Å². The number of rotatable bonds is 4. The fraction of sp³-hybridized carbons (Fsp3) is 0.722. The SMILES string of the molecule is O=C(Nc1nc(CC(=O)N2CCC3(CC2)OCCO3)cs1)NC1CCCC1. The van der Waals surface area contributed by atoms with Gasteiger partial charge in [-0.15, -0.1) is 11.3 Å². The van der Waals surface area contributed by atoms with Gasteiger partial charge in [0.15, 0.2) is 10.9 Å². The summed E-state index contributed by atoms with van der Waals surface area (Å²) in [5.74, 6) is -0.420. The summed E-state index contributed by atoms with van der Waals surface area (Å²) in [6.07, 6.45) is 6.09. The molecule has 8 nitrogen and oxygen atoms in total. The number of nitrogens with one attached hydrogen (secondary N) is 2. The second kappa shape index (κ2) is 8.12. The summed E-state index contributed by atoms with van der Waals surface area (Å²) in [4.78, 5) is 30.8. The van der Waals surface area contributed by atoms with E-state index in [0.717, 1.165) is 12.8 Å². The number of hydrogen-bond donors (Lipinski definition) is 2. The molecule has 1 saturated carbocycles. The molecule has 9 heteroatoms. The fourth-order valence-electron chi connectivity index (χ4n) is 3.98. The van der Waals surface area contributed by atoms with Crippen molar-refractivity contribution in [3.63, 3.8) is 0 Å². The second-order valence-corrected chi connectivity index (χ2v) is 8.25. The third-order valence-electron chi connectivity index (χ3n) is 5.49. The summed E-state index contributed by atoms with van der Waals surface area (Å²) in [7, 11) is 0. The zero-order chi connectivity index (χ0) is 18.7. The Morgan fingerprint density at radius 2 is 1.93 bits per heavy atom. The van der Waals surface area contributed by atoms with E-state index >= 15 is 0 Å². The van der Waals surface area contributed by atoms with Crippen LogP contribution in [-0.2, 0) is 20.7 Å². The number of carbonyl (C=O) groups is 2. The zero-order valence-corrected chi connectivity index (χ0v) is 16.2. The predicted molar refractivity (Wildman–Crippen MR) is 101 cm³/mol. The molecule has 3 amide bonds. The molecular formula is C18H26N4O4S. The van der Waals surface area contributed by atoms with E-state index in [1.165, 1.54) is 24.2 Å². The maximum Gasteiger partial charge on any atom is 0.321 e. The molecule has 3 aliphatic rings. The normalized spacial score (nSPS) is 22.3. The third-order valence-corrected chi connectivity index (χ3v) is 6.29. The number of urea groups is 1. The quantitative estimate of drug-likeness (QED) is 0.816. The van der Waals surface area contributed by atoms with Crippen molar-refractivity contribution in [1.29, 1.82) is 0 Å². The molecule has 0 atom stereocenters. The van der Waals surface area contributed by atoms with Crippen molar-refractivity contribution in [3.05, 3.63) is 11.1 Å².